The van der Waals surface area contributed by atoms with Crippen LogP contribution in [0.4, 0.5) is 0 Å². The second kappa shape index (κ2) is 8.71. The van der Waals surface area contributed by atoms with Crippen molar-refractivity contribution in [1.29, 1.82) is 0 Å². The lowest BCUT2D eigenvalue weighted by molar-refractivity contribution is -0.127. The Morgan fingerprint density at radius 3 is 2.45 bits per heavy atom. The van der Waals surface area contributed by atoms with Crippen molar-refractivity contribution in [1.82, 2.24) is 20.4 Å². The molecule has 0 aromatic carbocycles. The molecule has 0 aliphatic carbocycles. The van der Waals surface area contributed by atoms with Crippen LogP contribution in [0.3, 0.4) is 0 Å². The van der Waals surface area contributed by atoms with Gasteiger partial charge in [0, 0.05) is 39.3 Å². The molecule has 0 aromatic heterocycles. The minimum absolute atomic E-state index is 0.0297. The molecular formula is C14H26N4O2. The van der Waals surface area contributed by atoms with Crippen LogP contribution < -0.4 is 10.6 Å². The molecule has 1 rings (SSSR count). The fourth-order valence-corrected chi connectivity index (χ4v) is 2.25. The molecule has 0 radical (unpaired) electrons. The van der Waals surface area contributed by atoms with Gasteiger partial charge in [-0.05, 0) is 13.8 Å². The van der Waals surface area contributed by atoms with Gasteiger partial charge in [0.15, 0.2) is 0 Å². The smallest absolute Gasteiger partial charge is 0.237 e. The van der Waals surface area contributed by atoms with E-state index in [1.165, 1.54) is 0 Å². The Hall–Kier alpha value is -1.40. The zero-order valence-corrected chi connectivity index (χ0v) is 12.5. The minimum atomic E-state index is -0.137. The van der Waals surface area contributed by atoms with E-state index >= 15 is 0 Å². The fraction of sp³-hybridized carbons (Fsp3) is 0.714. The SMILES string of the molecule is C=CCNC(=O)[C@@H](C)N1CCN(CC(=O)NCC)CC1. The molecule has 6 nitrogen and oxygen atoms in total. The number of nitrogens with one attached hydrogen (secondary N) is 2. The monoisotopic (exact) mass is 282 g/mol. The van der Waals surface area contributed by atoms with Crippen molar-refractivity contribution in [3.05, 3.63) is 12.7 Å². The van der Waals surface area contributed by atoms with Crippen LogP contribution in [0.1, 0.15) is 13.8 Å². The van der Waals surface area contributed by atoms with Crippen LogP contribution in [0.25, 0.3) is 0 Å². The molecule has 0 spiro atoms. The number of amides is 2. The van der Waals surface area contributed by atoms with Crippen LogP contribution in [0.15, 0.2) is 12.7 Å². The minimum Gasteiger partial charge on any atom is -0.355 e. The molecule has 1 saturated heterocycles. The van der Waals surface area contributed by atoms with E-state index in [0.29, 0.717) is 19.6 Å². The van der Waals surface area contributed by atoms with Gasteiger partial charge in [-0.1, -0.05) is 6.08 Å². The van der Waals surface area contributed by atoms with Gasteiger partial charge < -0.3 is 10.6 Å². The molecule has 1 fully saturated rings. The third-order valence-electron chi connectivity index (χ3n) is 3.50. The number of hydrogen-bond donors (Lipinski definition) is 2. The highest BCUT2D eigenvalue weighted by atomic mass is 16.2. The quantitative estimate of drug-likeness (QED) is 0.614. The molecule has 0 bridgehead atoms. The van der Waals surface area contributed by atoms with E-state index in [0.717, 1.165) is 26.2 Å². The second-order valence-corrected chi connectivity index (χ2v) is 4.98. The maximum Gasteiger partial charge on any atom is 0.237 e. The molecule has 1 aliphatic rings. The van der Waals surface area contributed by atoms with E-state index in [4.69, 9.17) is 0 Å². The standard InChI is InChI=1S/C14H26N4O2/c1-4-6-16-14(20)12(3)18-9-7-17(8-10-18)11-13(19)15-5-2/h4,12H,1,5-11H2,2-3H3,(H,15,19)(H,16,20)/t12-/m1/s1. The molecule has 0 aromatic rings. The normalized spacial score (nSPS) is 18.3. The van der Waals surface area contributed by atoms with Gasteiger partial charge in [0.25, 0.3) is 0 Å². The van der Waals surface area contributed by atoms with Crippen molar-refractivity contribution in [2.75, 3.05) is 45.8 Å². The lowest BCUT2D eigenvalue weighted by Crippen LogP contribution is -2.55. The topological polar surface area (TPSA) is 64.7 Å². The van der Waals surface area contributed by atoms with Crippen LogP contribution in [-0.4, -0.2) is 73.5 Å². The van der Waals surface area contributed by atoms with Crippen molar-refractivity contribution < 1.29 is 9.59 Å². The Labute approximate surface area is 121 Å². The molecule has 1 atom stereocenters. The summed E-state index contributed by atoms with van der Waals surface area (Å²) in [4.78, 5) is 27.6. The van der Waals surface area contributed by atoms with Crippen molar-refractivity contribution in [3.8, 4) is 0 Å². The van der Waals surface area contributed by atoms with Gasteiger partial charge in [-0.15, -0.1) is 6.58 Å². The third kappa shape index (κ3) is 5.30. The van der Waals surface area contributed by atoms with Gasteiger partial charge in [-0.25, -0.2) is 0 Å². The van der Waals surface area contributed by atoms with Gasteiger partial charge in [-0.2, -0.15) is 0 Å². The number of likely N-dealkylation sites (N-methyl/N-ethyl adjacent to an activating group) is 1. The summed E-state index contributed by atoms with van der Waals surface area (Å²) in [5, 5.41) is 5.61. The molecule has 2 N–H and O–H groups in total. The average Bonchev–Trinajstić information content (AvgIpc) is 2.45. The van der Waals surface area contributed by atoms with Gasteiger partial charge in [0.05, 0.1) is 12.6 Å². The molecule has 2 amide bonds. The maximum atomic E-state index is 11.9. The molecule has 6 heteroatoms. The van der Waals surface area contributed by atoms with E-state index in [-0.39, 0.29) is 17.9 Å². The summed E-state index contributed by atoms with van der Waals surface area (Å²) >= 11 is 0. The number of rotatable bonds is 7. The summed E-state index contributed by atoms with van der Waals surface area (Å²) in [5.41, 5.74) is 0. The van der Waals surface area contributed by atoms with E-state index in [2.05, 4.69) is 27.0 Å². The first-order valence-corrected chi connectivity index (χ1v) is 7.20. The lowest BCUT2D eigenvalue weighted by atomic mass is 10.2. The molecule has 0 unspecified atom stereocenters. The summed E-state index contributed by atoms with van der Waals surface area (Å²) in [6.45, 7) is 12.3. The summed E-state index contributed by atoms with van der Waals surface area (Å²) < 4.78 is 0. The predicted octanol–water partition coefficient (Wildman–Crippen LogP) is -0.569. The Kier molecular flexibility index (Phi) is 7.25. The van der Waals surface area contributed by atoms with E-state index in [1.807, 2.05) is 13.8 Å². The van der Waals surface area contributed by atoms with Gasteiger partial charge >= 0.3 is 0 Å². The summed E-state index contributed by atoms with van der Waals surface area (Å²) in [6, 6.07) is -0.137. The van der Waals surface area contributed by atoms with Crippen molar-refractivity contribution in [3.63, 3.8) is 0 Å². The second-order valence-electron chi connectivity index (χ2n) is 4.98. The first kappa shape index (κ1) is 16.7. The van der Waals surface area contributed by atoms with Gasteiger partial charge in [0.1, 0.15) is 0 Å². The first-order chi connectivity index (χ1) is 9.58. The van der Waals surface area contributed by atoms with Crippen molar-refractivity contribution >= 4 is 11.8 Å². The summed E-state index contributed by atoms with van der Waals surface area (Å²) in [5.74, 6) is 0.0970. The predicted molar refractivity (Wildman–Crippen MR) is 79.4 cm³/mol. The highest BCUT2D eigenvalue weighted by molar-refractivity contribution is 5.81. The molecule has 114 valence electrons. The van der Waals surface area contributed by atoms with Crippen molar-refractivity contribution in [2.45, 2.75) is 19.9 Å². The first-order valence-electron chi connectivity index (χ1n) is 7.20. The Bertz CT molecular complexity index is 338. The Morgan fingerprint density at radius 1 is 1.25 bits per heavy atom. The Balaban J connectivity index is 2.32. The average molecular weight is 282 g/mol. The number of piperazine rings is 1. The van der Waals surface area contributed by atoms with Crippen LogP contribution in [-0.2, 0) is 9.59 Å². The van der Waals surface area contributed by atoms with Gasteiger partial charge in [0.2, 0.25) is 11.8 Å². The molecule has 1 aliphatic heterocycles. The number of nitrogens with zero attached hydrogens (tertiary/aromatic N) is 2. The van der Waals surface area contributed by atoms with E-state index in [9.17, 15) is 9.59 Å². The number of hydrogen-bond acceptors (Lipinski definition) is 4. The van der Waals surface area contributed by atoms with E-state index < -0.39 is 0 Å². The molecule has 0 saturated carbocycles. The van der Waals surface area contributed by atoms with E-state index in [1.54, 1.807) is 6.08 Å². The number of carbonyl (C=O) groups excluding carboxylic acids is 2. The molecule has 20 heavy (non-hydrogen) atoms. The highest BCUT2D eigenvalue weighted by Crippen LogP contribution is 2.06. The molecule has 1 heterocycles. The maximum absolute atomic E-state index is 11.9. The van der Waals surface area contributed by atoms with Crippen LogP contribution in [0.2, 0.25) is 0 Å². The zero-order valence-electron chi connectivity index (χ0n) is 12.5. The van der Waals surface area contributed by atoms with Crippen molar-refractivity contribution in [2.24, 2.45) is 0 Å². The van der Waals surface area contributed by atoms with Crippen LogP contribution in [0, 0.1) is 0 Å². The molecular weight excluding hydrogens is 256 g/mol. The van der Waals surface area contributed by atoms with Crippen LogP contribution in [0.5, 0.6) is 0 Å². The number of carbonyl (C=O) groups is 2. The fourth-order valence-electron chi connectivity index (χ4n) is 2.25. The summed E-state index contributed by atoms with van der Waals surface area (Å²) in [7, 11) is 0. The third-order valence-corrected chi connectivity index (χ3v) is 3.50. The zero-order chi connectivity index (χ0) is 15.0. The largest absolute Gasteiger partial charge is 0.355 e. The van der Waals surface area contributed by atoms with Crippen LogP contribution >= 0.6 is 0 Å². The lowest BCUT2D eigenvalue weighted by Gasteiger charge is -2.37. The summed E-state index contributed by atoms with van der Waals surface area (Å²) in [6.07, 6.45) is 1.68. The van der Waals surface area contributed by atoms with Gasteiger partial charge in [-0.3, -0.25) is 19.4 Å². The Morgan fingerprint density at radius 2 is 1.90 bits per heavy atom. The highest BCUT2D eigenvalue weighted by Gasteiger charge is 2.25.